The Hall–Kier alpha value is -2.58. The van der Waals surface area contributed by atoms with E-state index in [1.54, 1.807) is 6.07 Å². The van der Waals surface area contributed by atoms with Gasteiger partial charge in [-0.1, -0.05) is 67.1 Å². The van der Waals surface area contributed by atoms with Gasteiger partial charge in [-0.15, -0.1) is 0 Å². The molecule has 3 aromatic carbocycles. The minimum atomic E-state index is -0.356. The molecule has 1 nitrogen and oxygen atoms in total. The second kappa shape index (κ2) is 8.84. The topological polar surface area (TPSA) is 9.23 Å². The number of para-hydroxylation sites is 1. The zero-order valence-corrected chi connectivity index (χ0v) is 17.1. The molecule has 148 valence electrons. The van der Waals surface area contributed by atoms with Crippen LogP contribution in [0.4, 0.5) is 4.39 Å². The molecule has 1 fully saturated rings. The molecule has 3 heteroatoms. The van der Waals surface area contributed by atoms with Gasteiger partial charge in [0.05, 0.1) is 0 Å². The van der Waals surface area contributed by atoms with Crippen molar-refractivity contribution in [3.05, 3.63) is 107 Å². The standard InChI is InChI=1S/C26H24ClFO/c1-18(7-15-24(19-8-9-19)20-10-13-22(27)14-11-20)21-12-16-25(28)26(17-21)29-23-5-3-2-4-6-23/h2-7,10-19,24H,8-9H2,1H3/b15-7+. The number of allylic oxidation sites excluding steroid dienone is 2. The van der Waals surface area contributed by atoms with Gasteiger partial charge in [0, 0.05) is 10.9 Å². The van der Waals surface area contributed by atoms with E-state index in [0.717, 1.165) is 10.6 Å². The van der Waals surface area contributed by atoms with E-state index in [9.17, 15) is 4.39 Å². The summed E-state index contributed by atoms with van der Waals surface area (Å²) in [5, 5.41) is 0.762. The van der Waals surface area contributed by atoms with Crippen LogP contribution < -0.4 is 4.74 Å². The number of ether oxygens (including phenoxy) is 1. The van der Waals surface area contributed by atoms with Crippen LogP contribution in [0.25, 0.3) is 0 Å². The second-order valence-corrected chi connectivity index (χ2v) is 8.13. The number of halogens is 2. The molecule has 29 heavy (non-hydrogen) atoms. The van der Waals surface area contributed by atoms with Crippen molar-refractivity contribution in [2.75, 3.05) is 0 Å². The van der Waals surface area contributed by atoms with Crippen molar-refractivity contribution in [3.8, 4) is 11.5 Å². The number of hydrogen-bond donors (Lipinski definition) is 0. The lowest BCUT2D eigenvalue weighted by Crippen LogP contribution is -1.99. The first-order chi connectivity index (χ1) is 14.1. The largest absolute Gasteiger partial charge is 0.454 e. The van der Waals surface area contributed by atoms with Crippen LogP contribution in [-0.4, -0.2) is 0 Å². The molecule has 0 aromatic heterocycles. The van der Waals surface area contributed by atoms with E-state index >= 15 is 0 Å². The summed E-state index contributed by atoms with van der Waals surface area (Å²) in [7, 11) is 0. The average molecular weight is 407 g/mol. The smallest absolute Gasteiger partial charge is 0.165 e. The molecular formula is C26H24ClFO. The monoisotopic (exact) mass is 406 g/mol. The third-order valence-electron chi connectivity index (χ3n) is 5.44. The van der Waals surface area contributed by atoms with Gasteiger partial charge in [0.25, 0.3) is 0 Å². The van der Waals surface area contributed by atoms with E-state index < -0.39 is 0 Å². The summed E-state index contributed by atoms with van der Waals surface area (Å²) >= 11 is 6.04. The maximum atomic E-state index is 14.2. The highest BCUT2D eigenvalue weighted by molar-refractivity contribution is 6.30. The molecule has 0 amide bonds. The van der Waals surface area contributed by atoms with Crippen LogP contribution in [0.1, 0.15) is 42.7 Å². The number of benzene rings is 3. The van der Waals surface area contributed by atoms with Crippen LogP contribution in [-0.2, 0) is 0 Å². The van der Waals surface area contributed by atoms with Gasteiger partial charge in [-0.25, -0.2) is 4.39 Å². The number of hydrogen-bond acceptors (Lipinski definition) is 1. The highest BCUT2D eigenvalue weighted by Crippen LogP contribution is 2.44. The Labute approximate surface area is 176 Å². The summed E-state index contributed by atoms with van der Waals surface area (Å²) < 4.78 is 20.0. The van der Waals surface area contributed by atoms with Crippen molar-refractivity contribution in [2.45, 2.75) is 31.6 Å². The van der Waals surface area contributed by atoms with Crippen LogP contribution in [0.3, 0.4) is 0 Å². The fourth-order valence-electron chi connectivity index (χ4n) is 3.58. The van der Waals surface area contributed by atoms with E-state index in [4.69, 9.17) is 16.3 Å². The Morgan fingerprint density at radius 3 is 2.31 bits per heavy atom. The lowest BCUT2D eigenvalue weighted by molar-refractivity contribution is 0.441. The SMILES string of the molecule is CC(/C=C/C(c1ccc(Cl)cc1)C1CC1)c1ccc(F)c(Oc2ccccc2)c1. The van der Waals surface area contributed by atoms with Gasteiger partial charge < -0.3 is 4.74 Å². The minimum absolute atomic E-state index is 0.155. The minimum Gasteiger partial charge on any atom is -0.454 e. The maximum absolute atomic E-state index is 14.2. The van der Waals surface area contributed by atoms with E-state index in [0.29, 0.717) is 17.6 Å². The predicted octanol–water partition coefficient (Wildman–Crippen LogP) is 8.12. The van der Waals surface area contributed by atoms with Gasteiger partial charge in [-0.2, -0.15) is 0 Å². The predicted molar refractivity (Wildman–Crippen MR) is 117 cm³/mol. The first-order valence-corrected chi connectivity index (χ1v) is 10.4. The van der Waals surface area contributed by atoms with Crippen LogP contribution in [0.5, 0.6) is 11.5 Å². The first-order valence-electron chi connectivity index (χ1n) is 10.1. The Balaban J connectivity index is 1.52. The van der Waals surface area contributed by atoms with E-state index in [-0.39, 0.29) is 17.5 Å². The summed E-state index contributed by atoms with van der Waals surface area (Å²) in [5.74, 6) is 1.78. The molecule has 0 saturated heterocycles. The summed E-state index contributed by atoms with van der Waals surface area (Å²) in [4.78, 5) is 0. The Morgan fingerprint density at radius 2 is 1.62 bits per heavy atom. The molecule has 2 unspecified atom stereocenters. The molecule has 4 rings (SSSR count). The Morgan fingerprint density at radius 1 is 0.931 bits per heavy atom. The molecule has 0 spiro atoms. The highest BCUT2D eigenvalue weighted by Gasteiger charge is 2.30. The second-order valence-electron chi connectivity index (χ2n) is 7.69. The summed E-state index contributed by atoms with van der Waals surface area (Å²) in [5.41, 5.74) is 2.33. The third-order valence-corrected chi connectivity index (χ3v) is 5.70. The normalized spacial score (nSPS) is 16.0. The molecule has 1 aliphatic rings. The zero-order chi connectivity index (χ0) is 20.2. The van der Waals surface area contributed by atoms with Crippen LogP contribution in [0.2, 0.25) is 5.02 Å². The van der Waals surface area contributed by atoms with Crippen molar-refractivity contribution in [2.24, 2.45) is 5.92 Å². The molecule has 0 aliphatic heterocycles. The molecule has 0 bridgehead atoms. The molecule has 0 N–H and O–H groups in total. The third kappa shape index (κ3) is 5.07. The lowest BCUT2D eigenvalue weighted by atomic mass is 9.91. The van der Waals surface area contributed by atoms with Gasteiger partial charge >= 0.3 is 0 Å². The number of rotatable bonds is 7. The zero-order valence-electron chi connectivity index (χ0n) is 16.4. The van der Waals surface area contributed by atoms with Crippen LogP contribution >= 0.6 is 11.6 Å². The fraction of sp³-hybridized carbons (Fsp3) is 0.231. The molecule has 3 aromatic rings. The van der Waals surface area contributed by atoms with Gasteiger partial charge in [0.15, 0.2) is 11.6 Å². The molecule has 1 aliphatic carbocycles. The maximum Gasteiger partial charge on any atom is 0.165 e. The fourth-order valence-corrected chi connectivity index (χ4v) is 3.70. The molecule has 1 saturated carbocycles. The molecule has 2 atom stereocenters. The highest BCUT2D eigenvalue weighted by atomic mass is 35.5. The Kier molecular flexibility index (Phi) is 6.01. The van der Waals surface area contributed by atoms with Crippen LogP contribution in [0.15, 0.2) is 84.9 Å². The van der Waals surface area contributed by atoms with Gasteiger partial charge in [-0.05, 0) is 72.2 Å². The van der Waals surface area contributed by atoms with Crippen molar-refractivity contribution in [1.82, 2.24) is 0 Å². The Bertz CT molecular complexity index is 977. The summed E-state index contributed by atoms with van der Waals surface area (Å²) in [6.45, 7) is 2.13. The van der Waals surface area contributed by atoms with Gasteiger partial charge in [0.2, 0.25) is 0 Å². The van der Waals surface area contributed by atoms with Gasteiger partial charge in [-0.3, -0.25) is 0 Å². The van der Waals surface area contributed by atoms with Crippen molar-refractivity contribution in [1.29, 1.82) is 0 Å². The van der Waals surface area contributed by atoms with E-state index in [1.165, 1.54) is 24.5 Å². The first kappa shape index (κ1) is 19.7. The van der Waals surface area contributed by atoms with E-state index in [1.807, 2.05) is 48.5 Å². The molecule has 0 heterocycles. The molecule has 0 radical (unpaired) electrons. The van der Waals surface area contributed by atoms with Crippen molar-refractivity contribution < 1.29 is 9.13 Å². The summed E-state index contributed by atoms with van der Waals surface area (Å²) in [6, 6.07) is 22.5. The van der Waals surface area contributed by atoms with Crippen molar-refractivity contribution in [3.63, 3.8) is 0 Å². The van der Waals surface area contributed by atoms with Crippen molar-refractivity contribution >= 4 is 11.6 Å². The average Bonchev–Trinajstić information content (AvgIpc) is 3.57. The van der Waals surface area contributed by atoms with Gasteiger partial charge in [0.1, 0.15) is 5.75 Å². The molecular weight excluding hydrogens is 383 g/mol. The van der Waals surface area contributed by atoms with E-state index in [2.05, 4.69) is 31.2 Å². The lowest BCUT2D eigenvalue weighted by Gasteiger charge is -2.15. The summed E-state index contributed by atoms with van der Waals surface area (Å²) in [6.07, 6.45) is 7.04. The quantitative estimate of drug-likeness (QED) is 0.360. The van der Waals surface area contributed by atoms with Crippen LogP contribution in [0, 0.1) is 11.7 Å².